The van der Waals surface area contributed by atoms with Gasteiger partial charge in [-0.15, -0.1) is 0 Å². The minimum absolute atomic E-state index is 0.0121. The Morgan fingerprint density at radius 3 is 1.18 bits per heavy atom. The summed E-state index contributed by atoms with van der Waals surface area (Å²) in [5.74, 6) is -15.9. The molecule has 32 heteroatoms. The van der Waals surface area contributed by atoms with Crippen LogP contribution in [0, 0.1) is 11.8 Å². The maximum absolute atomic E-state index is 14.7. The lowest BCUT2D eigenvalue weighted by atomic mass is 9.95. The van der Waals surface area contributed by atoms with E-state index in [0.29, 0.717) is 35.2 Å². The molecule has 1 heterocycles. The molecule has 516 valence electrons. The van der Waals surface area contributed by atoms with Crippen molar-refractivity contribution in [2.45, 2.75) is 172 Å². The number of imidazole rings is 1. The number of nitrogens with one attached hydrogen (secondary N) is 10. The quantitative estimate of drug-likeness (QED) is 0.0246. The predicted molar refractivity (Wildman–Crippen MR) is 337 cm³/mol. The van der Waals surface area contributed by atoms with E-state index in [1.54, 1.807) is 39.8 Å². The topological polar surface area (TPSA) is 532 Å². The van der Waals surface area contributed by atoms with Crippen molar-refractivity contribution < 1.29 is 93.0 Å². The summed E-state index contributed by atoms with van der Waals surface area (Å²) in [6.07, 6.45) is -1.70. The number of carbonyl (C=O) groups is 13. The van der Waals surface area contributed by atoms with Gasteiger partial charge in [0.1, 0.15) is 71.6 Å². The monoisotopic (exact) mass is 1330 g/mol. The van der Waals surface area contributed by atoms with Crippen molar-refractivity contribution in [3.8, 4) is 17.2 Å². The van der Waals surface area contributed by atoms with Gasteiger partial charge in [-0.05, 0) is 97.5 Å². The second kappa shape index (κ2) is 37.8. The highest BCUT2D eigenvalue weighted by Gasteiger charge is 2.38. The van der Waals surface area contributed by atoms with Gasteiger partial charge in [0.25, 0.3) is 0 Å². The average Bonchev–Trinajstić information content (AvgIpc) is 1.62. The number of hydrogen-bond donors (Lipinski definition) is 18. The Hall–Kier alpha value is -10.7. The first-order chi connectivity index (χ1) is 44.9. The van der Waals surface area contributed by atoms with Crippen molar-refractivity contribution in [2.75, 3.05) is 0 Å². The van der Waals surface area contributed by atoms with Gasteiger partial charge in [-0.25, -0.2) is 9.78 Å². The summed E-state index contributed by atoms with van der Waals surface area (Å²) in [7, 11) is 0. The number of carboxylic acids is 3. The molecule has 0 aliphatic carbocycles. The van der Waals surface area contributed by atoms with Crippen LogP contribution in [0.1, 0.15) is 108 Å². The summed E-state index contributed by atoms with van der Waals surface area (Å²) in [6.45, 7) is 7.93. The lowest BCUT2D eigenvalue weighted by molar-refractivity contribution is -0.144. The Morgan fingerprint density at radius 1 is 0.432 bits per heavy atom. The first kappa shape index (κ1) is 76.8. The molecular weight excluding hydrogens is 1240 g/mol. The van der Waals surface area contributed by atoms with Gasteiger partial charge < -0.3 is 94.9 Å². The number of aromatic amines is 1. The van der Waals surface area contributed by atoms with Crippen LogP contribution in [0.4, 0.5) is 0 Å². The summed E-state index contributed by atoms with van der Waals surface area (Å²) in [5.41, 5.74) is 13.3. The van der Waals surface area contributed by atoms with Crippen LogP contribution in [0.2, 0.25) is 0 Å². The normalized spacial score (nSPS) is 14.8. The molecule has 4 aromatic rings. The molecule has 1 aromatic heterocycles. The number of hydrogen-bond acceptors (Lipinski definition) is 18. The van der Waals surface area contributed by atoms with Gasteiger partial charge >= 0.3 is 17.9 Å². The SMILES string of the molecule is CC[C@H](C)[C@H](NC(=O)[C@@H](NC(=O)[C@H](Cc1cnc[nH]1)NC(=O)[C@H](Cc1ccc(O)cc1)NC(=O)[C@H](CCC(=O)O)NC(=O)[C@H](CCC(=O)O)NC(=O)[C@H](CCC(N)=O)NC(=O)[C@H](C)NC(=O)[C@H](Cc1ccc(O)cc1)NC(=O)[C@@H](N)Cc1ccc(O)cc1)[C@@H](C)CC)C(=O)O. The number of rotatable bonds is 40. The first-order valence-corrected chi connectivity index (χ1v) is 30.6. The molecule has 0 saturated heterocycles. The third-order valence-electron chi connectivity index (χ3n) is 15.6. The molecule has 0 saturated carbocycles. The van der Waals surface area contributed by atoms with Crippen molar-refractivity contribution in [1.82, 2.24) is 57.8 Å². The van der Waals surface area contributed by atoms with Crippen LogP contribution in [0.25, 0.3) is 0 Å². The molecule has 0 aliphatic rings. The minimum atomic E-state index is -1.90. The highest BCUT2D eigenvalue weighted by Crippen LogP contribution is 2.18. The number of phenols is 3. The van der Waals surface area contributed by atoms with Crippen LogP contribution in [-0.2, 0) is 88.0 Å². The van der Waals surface area contributed by atoms with Crippen LogP contribution < -0.4 is 59.3 Å². The lowest BCUT2D eigenvalue weighted by Gasteiger charge is -2.30. The number of carbonyl (C=O) groups excluding carboxylic acids is 10. The fourth-order valence-corrected chi connectivity index (χ4v) is 9.51. The van der Waals surface area contributed by atoms with E-state index in [1.807, 2.05) is 0 Å². The van der Waals surface area contributed by atoms with Crippen molar-refractivity contribution in [3.63, 3.8) is 0 Å². The van der Waals surface area contributed by atoms with Crippen LogP contribution >= 0.6 is 0 Å². The Morgan fingerprint density at radius 2 is 0.779 bits per heavy atom. The number of benzene rings is 3. The number of aliphatic carboxylic acids is 3. The molecule has 32 nitrogen and oxygen atoms in total. The molecule has 0 fully saturated rings. The van der Waals surface area contributed by atoms with E-state index in [2.05, 4.69) is 57.8 Å². The zero-order valence-electron chi connectivity index (χ0n) is 53.1. The Labute approximate surface area is 546 Å². The van der Waals surface area contributed by atoms with Crippen LogP contribution in [0.5, 0.6) is 17.2 Å². The molecule has 95 heavy (non-hydrogen) atoms. The first-order valence-electron chi connectivity index (χ1n) is 30.6. The standard InChI is InChI=1S/C63H85N13O19/c1-6-32(3)52(62(93)76-53(63(94)95)33(4)7-2)75-61(92)48(29-38-30-66-31-67-38)74-60(91)47(28-37-12-18-41(79)19-13-37)73-58(89)45(22-25-51(83)84)71-57(88)44(21-24-50(81)82)70-56(87)43(20-23-49(65)80)69-54(85)34(5)68-59(90)46(27-36-10-16-40(78)17-11-36)72-55(86)42(64)26-35-8-14-39(77)15-9-35/h8-19,30-34,42-48,52-53,77-79H,6-7,20-29,64H2,1-5H3,(H2,65,80)(H,66,67)(H,68,90)(H,69,85)(H,70,87)(H,71,88)(H,72,86)(H,73,89)(H,74,91)(H,75,92)(H,76,93)(H,81,82)(H,83,84)(H,94,95)/t32-,33-,34-,42-,43-,44-,45-,46-,47-,48-,52-,53-/m0/s1. The highest BCUT2D eigenvalue weighted by atomic mass is 16.4. The van der Waals surface area contributed by atoms with E-state index in [4.69, 9.17) is 11.5 Å². The van der Waals surface area contributed by atoms with Crippen molar-refractivity contribution in [2.24, 2.45) is 23.3 Å². The van der Waals surface area contributed by atoms with Gasteiger partial charge in [0.2, 0.25) is 59.1 Å². The molecule has 12 atom stereocenters. The second-order valence-electron chi connectivity index (χ2n) is 23.0. The molecule has 20 N–H and O–H groups in total. The highest BCUT2D eigenvalue weighted by molar-refractivity contribution is 5.99. The third kappa shape index (κ3) is 26.1. The minimum Gasteiger partial charge on any atom is -0.508 e. The third-order valence-corrected chi connectivity index (χ3v) is 15.6. The van der Waals surface area contributed by atoms with Gasteiger partial charge in [0.15, 0.2) is 0 Å². The number of aromatic nitrogens is 2. The number of phenolic OH excluding ortho intramolecular Hbond substituents is 3. The summed E-state index contributed by atoms with van der Waals surface area (Å²) in [5, 5.41) is 81.3. The number of nitrogens with two attached hydrogens (primary N) is 2. The summed E-state index contributed by atoms with van der Waals surface area (Å²) in [6, 6.07) is 1.19. The van der Waals surface area contributed by atoms with Crippen molar-refractivity contribution in [1.29, 1.82) is 0 Å². The van der Waals surface area contributed by atoms with Crippen molar-refractivity contribution in [3.05, 3.63) is 108 Å². The van der Waals surface area contributed by atoms with Gasteiger partial charge in [-0.3, -0.25) is 57.5 Å². The smallest absolute Gasteiger partial charge is 0.326 e. The molecule has 0 spiro atoms. The Kier molecular flexibility index (Phi) is 30.5. The maximum atomic E-state index is 14.7. The Balaban J connectivity index is 1.62. The maximum Gasteiger partial charge on any atom is 0.326 e. The molecule has 0 unspecified atom stereocenters. The molecule has 0 bridgehead atoms. The van der Waals surface area contributed by atoms with Gasteiger partial charge in [0.05, 0.1) is 12.4 Å². The van der Waals surface area contributed by atoms with Crippen LogP contribution in [0.3, 0.4) is 0 Å². The van der Waals surface area contributed by atoms with E-state index in [0.717, 1.165) is 0 Å². The van der Waals surface area contributed by atoms with E-state index >= 15 is 0 Å². The largest absolute Gasteiger partial charge is 0.508 e. The number of amides is 10. The van der Waals surface area contributed by atoms with Gasteiger partial charge in [-0.2, -0.15) is 0 Å². The van der Waals surface area contributed by atoms with E-state index in [9.17, 15) is 93.0 Å². The number of H-pyrrole nitrogens is 1. The zero-order valence-corrected chi connectivity index (χ0v) is 53.1. The predicted octanol–water partition coefficient (Wildman–Crippen LogP) is -1.32. The molecule has 4 rings (SSSR count). The fourth-order valence-electron chi connectivity index (χ4n) is 9.51. The Bertz CT molecular complexity index is 3300. The molecule has 10 amide bonds. The van der Waals surface area contributed by atoms with Crippen LogP contribution in [0.15, 0.2) is 85.3 Å². The van der Waals surface area contributed by atoms with E-state index in [1.165, 1.54) is 80.1 Å². The summed E-state index contributed by atoms with van der Waals surface area (Å²) < 4.78 is 0. The lowest BCUT2D eigenvalue weighted by Crippen LogP contribution is -2.61. The second-order valence-corrected chi connectivity index (χ2v) is 23.0. The zero-order chi connectivity index (χ0) is 70.6. The number of aromatic hydroxyl groups is 3. The van der Waals surface area contributed by atoms with Gasteiger partial charge in [0, 0.05) is 50.4 Å². The molecular formula is C63H85N13O19. The van der Waals surface area contributed by atoms with Gasteiger partial charge in [-0.1, -0.05) is 76.9 Å². The number of carboxylic acid groups (broad SMARTS) is 3. The molecule has 0 aliphatic heterocycles. The van der Waals surface area contributed by atoms with Crippen molar-refractivity contribution >= 4 is 77.0 Å². The number of nitrogens with zero attached hydrogens (tertiary/aromatic N) is 1. The van der Waals surface area contributed by atoms with E-state index < -0.39 is 194 Å². The van der Waals surface area contributed by atoms with Crippen LogP contribution in [-0.4, -0.2) is 178 Å². The molecule has 3 aromatic carbocycles. The fraction of sp³-hybridized carbons (Fsp3) is 0.460. The summed E-state index contributed by atoms with van der Waals surface area (Å²) in [4.78, 5) is 182. The average molecular weight is 1330 g/mol. The molecule has 0 radical (unpaired) electrons. The number of primary amides is 1. The van der Waals surface area contributed by atoms with E-state index in [-0.39, 0.29) is 36.5 Å². The summed E-state index contributed by atoms with van der Waals surface area (Å²) >= 11 is 0.